The van der Waals surface area contributed by atoms with E-state index in [0.717, 1.165) is 37.8 Å². The molecule has 1 amide bonds. The summed E-state index contributed by atoms with van der Waals surface area (Å²) in [6.45, 7) is 4.25. The monoisotopic (exact) mass is 260 g/mol. The second kappa shape index (κ2) is 9.31. The topological polar surface area (TPSA) is 41.5 Å². The lowest BCUT2D eigenvalue weighted by Gasteiger charge is -2.05. The van der Waals surface area contributed by atoms with Crippen molar-refractivity contribution >= 4 is 11.6 Å². The van der Waals surface area contributed by atoms with E-state index in [1.165, 1.54) is 5.56 Å². The summed E-state index contributed by atoms with van der Waals surface area (Å²) < 4.78 is 0. The summed E-state index contributed by atoms with van der Waals surface area (Å²) in [5.74, 6) is -0.00596. The highest BCUT2D eigenvalue weighted by atomic mass is 16.2. The second-order valence-corrected chi connectivity index (χ2v) is 4.70. The van der Waals surface area contributed by atoms with Gasteiger partial charge in [0.25, 0.3) is 0 Å². The van der Waals surface area contributed by atoms with Gasteiger partial charge < -0.3 is 0 Å². The van der Waals surface area contributed by atoms with Gasteiger partial charge in [0.15, 0.2) is 0 Å². The van der Waals surface area contributed by atoms with Gasteiger partial charge in [0, 0.05) is 12.1 Å². The molecule has 0 heterocycles. The molecule has 0 saturated heterocycles. The highest BCUT2D eigenvalue weighted by molar-refractivity contribution is 5.86. The van der Waals surface area contributed by atoms with Crippen molar-refractivity contribution in [2.75, 3.05) is 0 Å². The predicted molar refractivity (Wildman–Crippen MR) is 80.2 cm³/mol. The Balaban J connectivity index is 2.35. The molecule has 19 heavy (non-hydrogen) atoms. The Kier molecular flexibility index (Phi) is 7.56. The maximum Gasteiger partial charge on any atom is 0.240 e. The average molecular weight is 260 g/mol. The third kappa shape index (κ3) is 6.75. The largest absolute Gasteiger partial charge is 0.273 e. The molecule has 0 radical (unpaired) electrons. The minimum absolute atomic E-state index is 0.00596. The Morgan fingerprint density at radius 3 is 2.26 bits per heavy atom. The van der Waals surface area contributed by atoms with Gasteiger partial charge in [-0.2, -0.15) is 5.10 Å². The molecular weight excluding hydrogens is 236 g/mol. The van der Waals surface area contributed by atoms with Crippen molar-refractivity contribution in [3.05, 3.63) is 35.9 Å². The summed E-state index contributed by atoms with van der Waals surface area (Å²) in [6, 6.07) is 10.0. The summed E-state index contributed by atoms with van der Waals surface area (Å²) in [7, 11) is 0. The molecule has 1 aromatic rings. The standard InChI is InChI=1S/C16H24N2O/c1-3-8-15(9-4-2)17-18-16(19)13-12-14-10-6-5-7-11-14/h5-7,10-11H,3-4,8-9,12-13H2,1-2H3,(H,18,19). The Hall–Kier alpha value is -1.64. The van der Waals surface area contributed by atoms with Crippen LogP contribution in [0.15, 0.2) is 35.4 Å². The minimum atomic E-state index is -0.00596. The van der Waals surface area contributed by atoms with E-state index in [4.69, 9.17) is 0 Å². The van der Waals surface area contributed by atoms with Gasteiger partial charge in [-0.3, -0.25) is 4.79 Å². The molecule has 1 aromatic carbocycles. The van der Waals surface area contributed by atoms with Crippen molar-refractivity contribution in [1.29, 1.82) is 0 Å². The quantitative estimate of drug-likeness (QED) is 0.562. The van der Waals surface area contributed by atoms with Gasteiger partial charge in [0.05, 0.1) is 0 Å². The fraction of sp³-hybridized carbons (Fsp3) is 0.500. The lowest BCUT2D eigenvalue weighted by atomic mass is 10.1. The van der Waals surface area contributed by atoms with E-state index in [2.05, 4.69) is 24.4 Å². The van der Waals surface area contributed by atoms with Crippen molar-refractivity contribution in [2.45, 2.75) is 52.4 Å². The highest BCUT2D eigenvalue weighted by Crippen LogP contribution is 2.03. The van der Waals surface area contributed by atoms with Crippen molar-refractivity contribution in [1.82, 2.24) is 5.43 Å². The number of rotatable bonds is 8. The molecule has 0 aliphatic carbocycles. The van der Waals surface area contributed by atoms with Crippen LogP contribution in [-0.2, 0) is 11.2 Å². The van der Waals surface area contributed by atoms with E-state index in [1.807, 2.05) is 30.3 Å². The molecule has 3 heteroatoms. The van der Waals surface area contributed by atoms with Gasteiger partial charge in [-0.25, -0.2) is 5.43 Å². The van der Waals surface area contributed by atoms with E-state index < -0.39 is 0 Å². The van der Waals surface area contributed by atoms with Gasteiger partial charge in [-0.05, 0) is 24.8 Å². The van der Waals surface area contributed by atoms with Crippen molar-refractivity contribution in [2.24, 2.45) is 5.10 Å². The van der Waals surface area contributed by atoms with Crippen molar-refractivity contribution < 1.29 is 4.79 Å². The molecule has 0 atom stereocenters. The molecule has 0 aromatic heterocycles. The number of hydrazone groups is 1. The Labute approximate surface area is 116 Å². The van der Waals surface area contributed by atoms with Crippen LogP contribution in [0.3, 0.4) is 0 Å². The van der Waals surface area contributed by atoms with Crippen LogP contribution in [0.25, 0.3) is 0 Å². The molecule has 3 nitrogen and oxygen atoms in total. The van der Waals surface area contributed by atoms with Gasteiger partial charge >= 0.3 is 0 Å². The number of nitrogens with zero attached hydrogens (tertiary/aromatic N) is 1. The van der Waals surface area contributed by atoms with Crippen LogP contribution in [-0.4, -0.2) is 11.6 Å². The summed E-state index contributed by atoms with van der Waals surface area (Å²) in [5, 5.41) is 4.23. The fourth-order valence-electron chi connectivity index (χ4n) is 1.91. The first-order chi connectivity index (χ1) is 9.26. The number of hydrogen-bond donors (Lipinski definition) is 1. The highest BCUT2D eigenvalue weighted by Gasteiger charge is 2.02. The number of carbonyl (C=O) groups is 1. The van der Waals surface area contributed by atoms with E-state index in [1.54, 1.807) is 0 Å². The maximum absolute atomic E-state index is 11.7. The Morgan fingerprint density at radius 1 is 1.05 bits per heavy atom. The van der Waals surface area contributed by atoms with Gasteiger partial charge in [-0.15, -0.1) is 0 Å². The number of benzene rings is 1. The molecule has 0 aliphatic rings. The zero-order chi connectivity index (χ0) is 13.9. The van der Waals surface area contributed by atoms with Gasteiger partial charge in [0.2, 0.25) is 5.91 Å². The zero-order valence-electron chi connectivity index (χ0n) is 12.0. The van der Waals surface area contributed by atoms with E-state index in [-0.39, 0.29) is 5.91 Å². The maximum atomic E-state index is 11.7. The van der Waals surface area contributed by atoms with Crippen LogP contribution in [0.5, 0.6) is 0 Å². The molecule has 104 valence electrons. The smallest absolute Gasteiger partial charge is 0.240 e. The molecule has 0 fully saturated rings. The minimum Gasteiger partial charge on any atom is -0.273 e. The van der Waals surface area contributed by atoms with Gasteiger partial charge in [0.1, 0.15) is 0 Å². The van der Waals surface area contributed by atoms with Crippen LogP contribution in [0.4, 0.5) is 0 Å². The summed E-state index contributed by atoms with van der Waals surface area (Å²) >= 11 is 0. The summed E-state index contributed by atoms with van der Waals surface area (Å²) in [6.07, 6.45) is 5.31. The van der Waals surface area contributed by atoms with Crippen molar-refractivity contribution in [3.63, 3.8) is 0 Å². The van der Waals surface area contributed by atoms with Crippen LogP contribution in [0, 0.1) is 0 Å². The predicted octanol–water partition coefficient (Wildman–Crippen LogP) is 3.69. The SMILES string of the molecule is CCCC(CCC)=NNC(=O)CCc1ccccc1. The first-order valence-electron chi connectivity index (χ1n) is 7.14. The normalized spacial score (nSPS) is 10.0. The summed E-state index contributed by atoms with van der Waals surface area (Å²) in [5.41, 5.74) is 4.95. The zero-order valence-corrected chi connectivity index (χ0v) is 12.0. The lowest BCUT2D eigenvalue weighted by molar-refractivity contribution is -0.121. The molecule has 1 rings (SSSR count). The Morgan fingerprint density at radius 2 is 1.68 bits per heavy atom. The van der Waals surface area contributed by atoms with Crippen molar-refractivity contribution in [3.8, 4) is 0 Å². The number of hydrogen-bond acceptors (Lipinski definition) is 2. The average Bonchev–Trinajstić information content (AvgIpc) is 2.44. The van der Waals surface area contributed by atoms with E-state index in [0.29, 0.717) is 6.42 Å². The molecular formula is C16H24N2O. The molecule has 0 unspecified atom stereocenters. The number of amides is 1. The number of carbonyl (C=O) groups excluding carboxylic acids is 1. The summed E-state index contributed by atoms with van der Waals surface area (Å²) in [4.78, 5) is 11.7. The molecule has 0 bridgehead atoms. The lowest BCUT2D eigenvalue weighted by Crippen LogP contribution is -2.20. The first-order valence-corrected chi connectivity index (χ1v) is 7.14. The fourth-order valence-corrected chi connectivity index (χ4v) is 1.91. The molecule has 1 N–H and O–H groups in total. The number of nitrogens with one attached hydrogen (secondary N) is 1. The molecule has 0 aliphatic heterocycles. The molecule has 0 saturated carbocycles. The van der Waals surface area contributed by atoms with E-state index in [9.17, 15) is 4.79 Å². The third-order valence-electron chi connectivity index (χ3n) is 2.90. The van der Waals surface area contributed by atoms with Crippen LogP contribution in [0.2, 0.25) is 0 Å². The van der Waals surface area contributed by atoms with Gasteiger partial charge in [-0.1, -0.05) is 57.0 Å². The van der Waals surface area contributed by atoms with E-state index >= 15 is 0 Å². The number of aryl methyl sites for hydroxylation is 1. The Bertz CT molecular complexity index is 390. The van der Waals surface area contributed by atoms with Crippen LogP contribution < -0.4 is 5.43 Å². The van der Waals surface area contributed by atoms with Crippen LogP contribution >= 0.6 is 0 Å². The second-order valence-electron chi connectivity index (χ2n) is 4.70. The van der Waals surface area contributed by atoms with Crippen LogP contribution in [0.1, 0.15) is 51.5 Å². The first kappa shape index (κ1) is 15.4. The molecule has 0 spiro atoms. The third-order valence-corrected chi connectivity index (χ3v) is 2.90.